The Labute approximate surface area is 254 Å². The summed E-state index contributed by atoms with van der Waals surface area (Å²) < 4.78 is 28.9. The number of nitrogens with zero attached hydrogens (tertiary/aromatic N) is 1. The molecule has 0 amide bonds. The summed E-state index contributed by atoms with van der Waals surface area (Å²) in [6, 6.07) is 4.02. The number of hydrogen-bond acceptors (Lipinski definition) is 10. The van der Waals surface area contributed by atoms with Gasteiger partial charge in [-0.3, -0.25) is 9.69 Å². The van der Waals surface area contributed by atoms with E-state index in [1.54, 1.807) is 21.0 Å². The molecule has 0 radical (unpaired) electrons. The van der Waals surface area contributed by atoms with Crippen LogP contribution in [-0.4, -0.2) is 83.5 Å². The molecule has 4 aliphatic rings. The SMILES string of the molecule is CCCCCCOC(=O)C[C@](O)(CCC(C)(C)O)C(=O)O[C@@H]1C(OC)=C[C@]23CCCN2CCc2cc4c(cc2[C@H]13)OCO4. The second kappa shape index (κ2) is 12.7. The summed E-state index contributed by atoms with van der Waals surface area (Å²) in [6.45, 7) is 7.41. The van der Waals surface area contributed by atoms with Crippen molar-refractivity contribution in [2.75, 3.05) is 33.6 Å². The van der Waals surface area contributed by atoms with E-state index in [1.807, 2.05) is 12.1 Å². The predicted octanol–water partition coefficient (Wildman–Crippen LogP) is 4.14. The van der Waals surface area contributed by atoms with Gasteiger partial charge in [-0.25, -0.2) is 4.79 Å². The monoisotopic (exact) mass is 601 g/mol. The van der Waals surface area contributed by atoms with Crippen molar-refractivity contribution in [1.29, 1.82) is 0 Å². The average molecular weight is 602 g/mol. The van der Waals surface area contributed by atoms with E-state index in [-0.39, 0.29) is 32.2 Å². The second-order valence-electron chi connectivity index (χ2n) is 13.1. The number of aliphatic hydroxyl groups is 2. The molecule has 1 spiro atoms. The lowest BCUT2D eigenvalue weighted by Crippen LogP contribution is -2.49. The maximum atomic E-state index is 14.0. The Morgan fingerprint density at radius 2 is 1.86 bits per heavy atom. The van der Waals surface area contributed by atoms with Crippen molar-refractivity contribution in [2.45, 2.75) is 114 Å². The summed E-state index contributed by atoms with van der Waals surface area (Å²) in [4.78, 5) is 29.3. The molecule has 0 bridgehead atoms. The third-order valence-corrected chi connectivity index (χ3v) is 9.43. The number of hydrogen-bond donors (Lipinski definition) is 2. The second-order valence-corrected chi connectivity index (χ2v) is 13.1. The van der Waals surface area contributed by atoms with E-state index in [9.17, 15) is 19.8 Å². The summed E-state index contributed by atoms with van der Waals surface area (Å²) in [5, 5.41) is 22.2. The van der Waals surface area contributed by atoms with Crippen LogP contribution < -0.4 is 9.47 Å². The lowest BCUT2D eigenvalue weighted by Gasteiger charge is -2.39. The highest BCUT2D eigenvalue weighted by Crippen LogP contribution is 2.55. The van der Waals surface area contributed by atoms with Crippen LogP contribution in [0.4, 0.5) is 0 Å². The van der Waals surface area contributed by atoms with Gasteiger partial charge in [-0.2, -0.15) is 0 Å². The highest BCUT2D eigenvalue weighted by Gasteiger charge is 2.59. The Bertz CT molecular complexity index is 1220. The molecule has 43 heavy (non-hydrogen) atoms. The van der Waals surface area contributed by atoms with Gasteiger partial charge in [0.25, 0.3) is 0 Å². The number of esters is 2. The Morgan fingerprint density at radius 3 is 2.58 bits per heavy atom. The van der Waals surface area contributed by atoms with Crippen molar-refractivity contribution >= 4 is 11.9 Å². The first-order chi connectivity index (χ1) is 20.5. The van der Waals surface area contributed by atoms with Crippen LogP contribution >= 0.6 is 0 Å². The number of benzene rings is 1. The molecule has 4 atom stereocenters. The van der Waals surface area contributed by atoms with Crippen LogP contribution in [0.5, 0.6) is 11.5 Å². The van der Waals surface area contributed by atoms with E-state index in [1.165, 1.54) is 0 Å². The van der Waals surface area contributed by atoms with Gasteiger partial charge in [-0.1, -0.05) is 26.2 Å². The first-order valence-corrected chi connectivity index (χ1v) is 15.8. The molecule has 0 saturated carbocycles. The van der Waals surface area contributed by atoms with E-state index >= 15 is 0 Å². The average Bonchev–Trinajstić information content (AvgIpc) is 3.65. The summed E-state index contributed by atoms with van der Waals surface area (Å²) in [5.74, 6) is -0.0495. The number of unbranched alkanes of at least 4 members (excludes halogenated alkanes) is 3. The predicted molar refractivity (Wildman–Crippen MR) is 158 cm³/mol. The highest BCUT2D eigenvalue weighted by molar-refractivity contribution is 5.86. The van der Waals surface area contributed by atoms with Crippen LogP contribution in [0, 0.1) is 0 Å². The van der Waals surface area contributed by atoms with Crippen molar-refractivity contribution in [1.82, 2.24) is 4.90 Å². The number of fused-ring (bicyclic) bond motifs is 3. The molecule has 1 saturated heterocycles. The summed E-state index contributed by atoms with van der Waals surface area (Å²) in [5.41, 5.74) is -1.69. The standard InChI is InChI=1S/C33H47NO9/c1-5-6-7-8-16-40-27(35)20-33(38,13-12-31(2,3)37)30(36)43-29-26(39-4)19-32-11-9-14-34(32)15-10-22-17-24-25(42-21-41-24)18-23(22)28(29)32/h17-19,28-29,37-38H,5-16,20-21H2,1-4H3/t28-,29-,32+,33-/m1/s1. The molecule has 0 unspecified atom stereocenters. The van der Waals surface area contributed by atoms with Gasteiger partial charge in [0.05, 0.1) is 37.2 Å². The molecule has 1 aliphatic carbocycles. The van der Waals surface area contributed by atoms with Gasteiger partial charge in [-0.05, 0) is 88.3 Å². The molecule has 3 heterocycles. The molecule has 0 aromatic heterocycles. The van der Waals surface area contributed by atoms with Crippen molar-refractivity contribution in [3.8, 4) is 11.5 Å². The zero-order valence-corrected chi connectivity index (χ0v) is 26.0. The summed E-state index contributed by atoms with van der Waals surface area (Å²) >= 11 is 0. The van der Waals surface area contributed by atoms with Crippen LogP contribution in [-0.2, 0) is 30.2 Å². The third-order valence-electron chi connectivity index (χ3n) is 9.43. The van der Waals surface area contributed by atoms with Gasteiger partial charge in [0.2, 0.25) is 6.79 Å². The minimum atomic E-state index is -2.19. The summed E-state index contributed by atoms with van der Waals surface area (Å²) in [6.07, 6.45) is 7.00. The molecule has 2 N–H and O–H groups in total. The molecular weight excluding hydrogens is 554 g/mol. The number of methoxy groups -OCH3 is 1. The smallest absolute Gasteiger partial charge is 0.339 e. The van der Waals surface area contributed by atoms with Crippen molar-refractivity contribution in [3.05, 3.63) is 35.1 Å². The molecule has 3 aliphatic heterocycles. The van der Waals surface area contributed by atoms with Crippen molar-refractivity contribution in [3.63, 3.8) is 0 Å². The van der Waals surface area contributed by atoms with Gasteiger partial charge < -0.3 is 33.9 Å². The molecular formula is C33H47NO9. The van der Waals surface area contributed by atoms with Gasteiger partial charge in [-0.15, -0.1) is 0 Å². The van der Waals surface area contributed by atoms with Gasteiger partial charge in [0.1, 0.15) is 5.76 Å². The number of carbonyl (C=O) groups is 2. The molecule has 10 heteroatoms. The third kappa shape index (κ3) is 6.51. The van der Waals surface area contributed by atoms with Gasteiger partial charge in [0, 0.05) is 6.54 Å². The fourth-order valence-corrected chi connectivity index (χ4v) is 7.10. The Morgan fingerprint density at radius 1 is 1.09 bits per heavy atom. The molecule has 238 valence electrons. The molecule has 1 aromatic carbocycles. The van der Waals surface area contributed by atoms with Crippen molar-refractivity contribution in [2.24, 2.45) is 0 Å². The zero-order valence-electron chi connectivity index (χ0n) is 26.0. The molecule has 1 aromatic rings. The summed E-state index contributed by atoms with van der Waals surface area (Å²) in [7, 11) is 1.56. The van der Waals surface area contributed by atoms with E-state index in [4.69, 9.17) is 23.7 Å². The van der Waals surface area contributed by atoms with E-state index in [0.717, 1.165) is 62.7 Å². The van der Waals surface area contributed by atoms with Crippen LogP contribution in [0.2, 0.25) is 0 Å². The zero-order chi connectivity index (χ0) is 30.8. The van der Waals surface area contributed by atoms with Crippen LogP contribution in [0.25, 0.3) is 0 Å². The number of ether oxygens (including phenoxy) is 5. The molecule has 5 rings (SSSR count). The highest BCUT2D eigenvalue weighted by atomic mass is 16.7. The first-order valence-electron chi connectivity index (χ1n) is 15.8. The van der Waals surface area contributed by atoms with Crippen LogP contribution in [0.15, 0.2) is 24.0 Å². The van der Waals surface area contributed by atoms with Crippen molar-refractivity contribution < 1.29 is 43.5 Å². The largest absolute Gasteiger partial charge is 0.497 e. The van der Waals surface area contributed by atoms with E-state index < -0.39 is 41.2 Å². The fourth-order valence-electron chi connectivity index (χ4n) is 7.10. The Balaban J connectivity index is 1.43. The lowest BCUT2D eigenvalue weighted by molar-refractivity contribution is -0.180. The van der Waals surface area contributed by atoms with Gasteiger partial charge >= 0.3 is 11.9 Å². The maximum Gasteiger partial charge on any atom is 0.339 e. The lowest BCUT2D eigenvalue weighted by atomic mass is 9.77. The molecule has 1 fully saturated rings. The minimum absolute atomic E-state index is 0.0769. The van der Waals surface area contributed by atoms with Crippen LogP contribution in [0.1, 0.15) is 95.6 Å². The quantitative estimate of drug-likeness (QED) is 0.252. The minimum Gasteiger partial charge on any atom is -0.497 e. The van der Waals surface area contributed by atoms with Gasteiger partial charge in [0.15, 0.2) is 23.2 Å². The normalized spacial score (nSPS) is 25.6. The van der Waals surface area contributed by atoms with E-state index in [2.05, 4.69) is 17.9 Å². The van der Waals surface area contributed by atoms with E-state index in [0.29, 0.717) is 23.7 Å². The Hall–Kier alpha value is -2.82. The number of carbonyl (C=O) groups excluding carboxylic acids is 2. The number of rotatable bonds is 13. The Kier molecular flexibility index (Phi) is 9.30. The fraction of sp³-hybridized carbons (Fsp3) is 0.697. The van der Waals surface area contributed by atoms with Crippen LogP contribution in [0.3, 0.4) is 0 Å². The maximum absolute atomic E-state index is 14.0. The topological polar surface area (TPSA) is 124 Å². The first kappa shape index (κ1) is 31.6. The molecule has 10 nitrogen and oxygen atoms in total.